The minimum atomic E-state index is -0.804. The highest BCUT2D eigenvalue weighted by molar-refractivity contribution is 7.25. The van der Waals surface area contributed by atoms with Crippen LogP contribution in [0, 0.1) is 0 Å². The molecule has 4 nitrogen and oxygen atoms in total. The number of hydrogen-bond acceptors (Lipinski definition) is 5. The van der Waals surface area contributed by atoms with Gasteiger partial charge in [-0.25, -0.2) is 15.0 Å². The largest absolute Gasteiger partial charge is 0.456 e. The number of nitrogens with zero attached hydrogens (tertiary/aromatic N) is 3. The van der Waals surface area contributed by atoms with E-state index < -0.39 is 107 Å². The molecule has 0 fully saturated rings. The topological polar surface area (TPSA) is 51.8 Å². The summed E-state index contributed by atoms with van der Waals surface area (Å²) < 4.78 is 140. The Labute approximate surface area is 313 Å². The van der Waals surface area contributed by atoms with Crippen molar-refractivity contribution in [2.24, 2.45) is 0 Å². The Bertz CT molecular complexity index is 3710. The predicted octanol–water partition coefficient (Wildman–Crippen LogP) is 12.5. The monoisotopic (exact) mass is 672 g/mol. The standard InChI is InChI=1S/C45H27N3OS/c1-2-10-30(11-3-1)43-46-44(48-45(47-43)33-24-25-36-35-14-4-6-17-38(35)49-39(36)27-33)32-13-8-12-31(26-32)28-20-22-29(23-21-28)34-16-9-19-41-42(34)37-15-5-7-18-40(37)50-41/h1-27H/i5D,7D,8D,9D,12D,13D,15D,16D,18D,19D,20D,21D,22D,23D,26D. The van der Waals surface area contributed by atoms with Crippen LogP contribution in [0.15, 0.2) is 168 Å². The third-order valence-electron chi connectivity index (χ3n) is 8.23. The molecule has 10 rings (SSSR count). The van der Waals surface area contributed by atoms with Crippen LogP contribution in [-0.4, -0.2) is 15.0 Å². The number of thiophene rings is 1. The Balaban J connectivity index is 1.22. The third kappa shape index (κ3) is 4.87. The fourth-order valence-corrected chi connectivity index (χ4v) is 6.86. The number of furan rings is 1. The van der Waals surface area contributed by atoms with E-state index in [1.165, 1.54) is 0 Å². The van der Waals surface area contributed by atoms with Crippen molar-refractivity contribution in [2.75, 3.05) is 0 Å². The molecule has 7 aromatic carbocycles. The quantitative estimate of drug-likeness (QED) is 0.183. The van der Waals surface area contributed by atoms with Crippen molar-refractivity contribution in [2.45, 2.75) is 0 Å². The lowest BCUT2D eigenvalue weighted by Crippen LogP contribution is -2.00. The molecule has 0 amide bonds. The molecule has 0 saturated heterocycles. The Kier molecular flexibility index (Phi) is 4.02. The van der Waals surface area contributed by atoms with Crippen molar-refractivity contribution >= 4 is 53.4 Å². The van der Waals surface area contributed by atoms with Gasteiger partial charge < -0.3 is 4.42 Å². The molecule has 0 spiro atoms. The molecule has 10 aromatic rings. The zero-order valence-electron chi connectivity index (χ0n) is 40.6. The Morgan fingerprint density at radius 3 is 2.02 bits per heavy atom. The van der Waals surface area contributed by atoms with E-state index in [1.807, 2.05) is 30.3 Å². The van der Waals surface area contributed by atoms with E-state index in [2.05, 4.69) is 4.98 Å². The number of para-hydroxylation sites is 1. The first-order valence-electron chi connectivity index (χ1n) is 22.9. The average Bonchev–Trinajstić information content (AvgIpc) is 3.90. The Morgan fingerprint density at radius 1 is 0.460 bits per heavy atom. The lowest BCUT2D eigenvalue weighted by atomic mass is 9.96. The van der Waals surface area contributed by atoms with E-state index in [-0.39, 0.29) is 48.8 Å². The number of rotatable bonds is 5. The molecule has 234 valence electrons. The van der Waals surface area contributed by atoms with E-state index in [4.69, 9.17) is 28.1 Å². The molecule has 0 aliphatic heterocycles. The zero-order valence-corrected chi connectivity index (χ0v) is 26.4. The van der Waals surface area contributed by atoms with Crippen molar-refractivity contribution in [3.63, 3.8) is 0 Å². The van der Waals surface area contributed by atoms with Gasteiger partial charge in [-0.05, 0) is 58.6 Å². The van der Waals surface area contributed by atoms with Crippen molar-refractivity contribution in [1.82, 2.24) is 15.0 Å². The van der Waals surface area contributed by atoms with E-state index >= 15 is 0 Å². The van der Waals surface area contributed by atoms with Crippen LogP contribution >= 0.6 is 11.3 Å². The average molecular weight is 673 g/mol. The molecule has 3 aromatic heterocycles. The maximum Gasteiger partial charge on any atom is 0.164 e. The summed E-state index contributed by atoms with van der Waals surface area (Å²) in [5.41, 5.74) is -0.111. The van der Waals surface area contributed by atoms with Crippen LogP contribution in [0.3, 0.4) is 0 Å². The summed E-state index contributed by atoms with van der Waals surface area (Å²) >= 11 is 0.783. The molecule has 0 N–H and O–H groups in total. The minimum absolute atomic E-state index is 0.00768. The molecule has 0 aliphatic rings. The van der Waals surface area contributed by atoms with Gasteiger partial charge in [-0.3, -0.25) is 0 Å². The summed E-state index contributed by atoms with van der Waals surface area (Å²) in [7, 11) is 0. The van der Waals surface area contributed by atoms with Gasteiger partial charge in [0, 0.05) is 47.6 Å². The van der Waals surface area contributed by atoms with Gasteiger partial charge in [0.2, 0.25) is 0 Å². The van der Waals surface area contributed by atoms with Crippen LogP contribution in [-0.2, 0) is 0 Å². The van der Waals surface area contributed by atoms with Crippen LogP contribution in [0.2, 0.25) is 0 Å². The van der Waals surface area contributed by atoms with Crippen LogP contribution < -0.4 is 0 Å². The van der Waals surface area contributed by atoms with E-state index in [0.717, 1.165) is 22.1 Å². The first-order valence-corrected chi connectivity index (χ1v) is 16.2. The first kappa shape index (κ1) is 17.3. The van der Waals surface area contributed by atoms with Crippen molar-refractivity contribution in [3.8, 4) is 56.4 Å². The summed E-state index contributed by atoms with van der Waals surface area (Å²) in [6.07, 6.45) is 0. The highest BCUT2D eigenvalue weighted by Gasteiger charge is 2.16. The maximum absolute atomic E-state index is 9.54. The van der Waals surface area contributed by atoms with Crippen LogP contribution in [0.4, 0.5) is 0 Å². The Hall–Kier alpha value is -6.43. The summed E-state index contributed by atoms with van der Waals surface area (Å²) in [4.78, 5) is 14.1. The van der Waals surface area contributed by atoms with Crippen molar-refractivity contribution < 1.29 is 25.0 Å². The normalized spacial score (nSPS) is 15.8. The number of fused-ring (bicyclic) bond motifs is 6. The second-order valence-corrected chi connectivity index (χ2v) is 12.3. The van der Waals surface area contributed by atoms with Gasteiger partial charge in [0.1, 0.15) is 11.2 Å². The van der Waals surface area contributed by atoms with Gasteiger partial charge in [-0.2, -0.15) is 0 Å². The fraction of sp³-hybridized carbons (Fsp3) is 0. The molecule has 3 heterocycles. The van der Waals surface area contributed by atoms with Gasteiger partial charge >= 0.3 is 0 Å². The van der Waals surface area contributed by atoms with Crippen molar-refractivity contribution in [1.29, 1.82) is 0 Å². The number of aromatic nitrogens is 3. The minimum Gasteiger partial charge on any atom is -0.456 e. The van der Waals surface area contributed by atoms with E-state index in [1.54, 1.807) is 42.5 Å². The Morgan fingerprint density at radius 2 is 1.14 bits per heavy atom. The molecule has 0 aliphatic carbocycles. The molecule has 0 saturated carbocycles. The van der Waals surface area contributed by atoms with Gasteiger partial charge in [-0.1, -0.05) is 127 Å². The summed E-state index contributed by atoms with van der Waals surface area (Å²) in [5, 5.41) is 1.51. The molecule has 5 heteroatoms. The van der Waals surface area contributed by atoms with Gasteiger partial charge in [0.15, 0.2) is 17.5 Å². The second-order valence-electron chi connectivity index (χ2n) is 11.2. The van der Waals surface area contributed by atoms with Gasteiger partial charge in [0.25, 0.3) is 0 Å². The zero-order chi connectivity index (χ0) is 46.1. The van der Waals surface area contributed by atoms with E-state index in [0.29, 0.717) is 22.3 Å². The maximum atomic E-state index is 9.54. The SMILES string of the molecule is [2H]c1c([2H])c(-c2nc(-c3ccccc3)nc(-c3ccc4c(c3)oc3ccccc34)n2)c([2H])c(-c2c([2H])c([2H])c(-c3c([2H])c([2H])c([2H])c4sc5c([2H])c([2H])c([2H])c([2H])c5c34)c([2H])c2[2H])c1[2H]. The van der Waals surface area contributed by atoms with Gasteiger partial charge in [-0.15, -0.1) is 11.3 Å². The number of benzene rings is 7. The molecule has 0 bridgehead atoms. The highest BCUT2D eigenvalue weighted by atomic mass is 32.1. The number of hydrogen-bond donors (Lipinski definition) is 0. The van der Waals surface area contributed by atoms with Crippen LogP contribution in [0.5, 0.6) is 0 Å². The third-order valence-corrected chi connectivity index (χ3v) is 9.25. The van der Waals surface area contributed by atoms with Crippen molar-refractivity contribution in [3.05, 3.63) is 163 Å². The molecule has 0 unspecified atom stereocenters. The summed E-state index contributed by atoms with van der Waals surface area (Å²) in [5.74, 6) is 0.00716. The first-order chi connectivity index (χ1) is 31.0. The molecular weight excluding hydrogens is 631 g/mol. The lowest BCUT2D eigenvalue weighted by Gasteiger charge is -2.10. The fourth-order valence-electron chi connectivity index (χ4n) is 5.89. The summed E-state index contributed by atoms with van der Waals surface area (Å²) in [6, 6.07) is 11.9. The van der Waals surface area contributed by atoms with Crippen LogP contribution in [0.1, 0.15) is 20.6 Å². The highest BCUT2D eigenvalue weighted by Crippen LogP contribution is 2.40. The molecule has 50 heavy (non-hydrogen) atoms. The lowest BCUT2D eigenvalue weighted by molar-refractivity contribution is 0.669. The molecule has 0 atom stereocenters. The summed E-state index contributed by atoms with van der Waals surface area (Å²) in [6.45, 7) is 0. The van der Waals surface area contributed by atoms with E-state index in [9.17, 15) is 6.85 Å². The second kappa shape index (κ2) is 11.6. The van der Waals surface area contributed by atoms with Gasteiger partial charge in [0.05, 0.1) is 20.6 Å². The molecule has 0 radical (unpaired) electrons. The smallest absolute Gasteiger partial charge is 0.164 e. The predicted molar refractivity (Wildman–Crippen MR) is 207 cm³/mol. The molecular formula is C45H27N3OS. The van der Waals surface area contributed by atoms with Crippen LogP contribution in [0.25, 0.3) is 98.5 Å².